The number of esters is 1. The Hall–Kier alpha value is -3.59. The van der Waals surface area contributed by atoms with Crippen LogP contribution >= 0.6 is 0 Å². The van der Waals surface area contributed by atoms with Crippen LogP contribution in [-0.2, 0) is 20.7 Å². The van der Waals surface area contributed by atoms with Crippen molar-refractivity contribution in [3.05, 3.63) is 71.0 Å². The van der Waals surface area contributed by atoms with Crippen molar-refractivity contribution in [3.8, 4) is 6.07 Å². The van der Waals surface area contributed by atoms with Gasteiger partial charge in [0, 0.05) is 12.1 Å². The summed E-state index contributed by atoms with van der Waals surface area (Å²) in [5.41, 5.74) is 2.95. The van der Waals surface area contributed by atoms with E-state index in [0.29, 0.717) is 23.2 Å². The zero-order valence-electron chi connectivity index (χ0n) is 14.8. The summed E-state index contributed by atoms with van der Waals surface area (Å²) in [5.74, 6) is -0.561. The molecule has 0 aliphatic carbocycles. The van der Waals surface area contributed by atoms with Gasteiger partial charge in [-0.1, -0.05) is 24.3 Å². The van der Waals surface area contributed by atoms with Gasteiger partial charge in [0.05, 0.1) is 30.9 Å². The molecular formula is C21H18N2O4. The Kier molecular flexibility index (Phi) is 5.23. The number of carbonyl (C=O) groups is 2. The number of methoxy groups -OCH3 is 1. The first-order valence-corrected chi connectivity index (χ1v) is 8.43. The maximum absolute atomic E-state index is 12.8. The molecule has 1 amide bonds. The van der Waals surface area contributed by atoms with Gasteiger partial charge in [-0.05, 0) is 41.8 Å². The van der Waals surface area contributed by atoms with Crippen molar-refractivity contribution in [2.24, 2.45) is 0 Å². The molecule has 0 spiro atoms. The van der Waals surface area contributed by atoms with Crippen molar-refractivity contribution < 1.29 is 19.4 Å². The van der Waals surface area contributed by atoms with Gasteiger partial charge < -0.3 is 14.7 Å². The number of ether oxygens (including phenoxy) is 1. The summed E-state index contributed by atoms with van der Waals surface area (Å²) >= 11 is 0. The predicted molar refractivity (Wildman–Crippen MR) is 99.8 cm³/mol. The van der Waals surface area contributed by atoms with E-state index in [9.17, 15) is 14.7 Å². The average molecular weight is 362 g/mol. The summed E-state index contributed by atoms with van der Waals surface area (Å²) in [6.45, 7) is 0.0875. The molecule has 0 aromatic heterocycles. The molecular weight excluding hydrogens is 344 g/mol. The van der Waals surface area contributed by atoms with Crippen LogP contribution in [0.1, 0.15) is 23.1 Å². The Morgan fingerprint density at radius 2 is 1.85 bits per heavy atom. The van der Waals surface area contributed by atoms with E-state index in [0.717, 1.165) is 5.56 Å². The normalized spacial score (nSPS) is 13.6. The van der Waals surface area contributed by atoms with Crippen molar-refractivity contribution in [3.63, 3.8) is 0 Å². The molecule has 1 aliphatic heterocycles. The Labute approximate surface area is 156 Å². The monoisotopic (exact) mass is 362 g/mol. The van der Waals surface area contributed by atoms with Crippen molar-refractivity contribution >= 4 is 23.1 Å². The van der Waals surface area contributed by atoms with Gasteiger partial charge in [-0.2, -0.15) is 5.26 Å². The topological polar surface area (TPSA) is 90.6 Å². The number of carbonyl (C=O) groups excluding carboxylic acids is 2. The predicted octanol–water partition coefficient (Wildman–Crippen LogP) is 2.98. The van der Waals surface area contributed by atoms with E-state index in [4.69, 9.17) is 5.26 Å². The van der Waals surface area contributed by atoms with E-state index in [1.54, 1.807) is 36.4 Å². The van der Waals surface area contributed by atoms with E-state index < -0.39 is 0 Å². The number of hydrogen-bond donors (Lipinski definition) is 1. The molecule has 0 radical (unpaired) electrons. The van der Waals surface area contributed by atoms with Crippen LogP contribution in [0.25, 0.3) is 5.57 Å². The van der Waals surface area contributed by atoms with Crippen LogP contribution in [0.15, 0.2) is 54.3 Å². The number of amides is 1. The molecule has 6 heteroatoms. The molecule has 1 aliphatic rings. The summed E-state index contributed by atoms with van der Waals surface area (Å²) in [4.78, 5) is 25.5. The molecule has 2 aromatic rings. The van der Waals surface area contributed by atoms with Crippen LogP contribution in [0.2, 0.25) is 0 Å². The minimum atomic E-state index is -0.292. The number of aliphatic hydroxyl groups excluding tert-OH is 1. The fraction of sp³-hybridized carbons (Fsp3) is 0.190. The van der Waals surface area contributed by atoms with E-state index in [1.165, 1.54) is 12.0 Å². The Bertz CT molecular complexity index is 938. The highest BCUT2D eigenvalue weighted by Gasteiger charge is 2.32. The largest absolute Gasteiger partial charge is 0.510 e. The molecule has 27 heavy (non-hydrogen) atoms. The van der Waals surface area contributed by atoms with Gasteiger partial charge in [0.25, 0.3) is 5.91 Å². The fourth-order valence-electron chi connectivity index (χ4n) is 2.96. The second-order valence-electron chi connectivity index (χ2n) is 6.14. The molecule has 1 heterocycles. The highest BCUT2D eigenvalue weighted by molar-refractivity contribution is 6.29. The van der Waals surface area contributed by atoms with Crippen molar-refractivity contribution in [2.45, 2.75) is 12.8 Å². The maximum Gasteiger partial charge on any atom is 0.305 e. The summed E-state index contributed by atoms with van der Waals surface area (Å²) < 4.78 is 4.63. The second-order valence-corrected chi connectivity index (χ2v) is 6.14. The third-order valence-electron chi connectivity index (χ3n) is 4.45. The van der Waals surface area contributed by atoms with Crippen molar-refractivity contribution in [2.75, 3.05) is 18.6 Å². The lowest BCUT2D eigenvalue weighted by Gasteiger charge is -2.16. The number of rotatable bonds is 5. The van der Waals surface area contributed by atoms with Crippen molar-refractivity contribution in [1.29, 1.82) is 5.26 Å². The van der Waals surface area contributed by atoms with Crippen LogP contribution in [0, 0.1) is 11.3 Å². The Morgan fingerprint density at radius 1 is 1.19 bits per heavy atom. The zero-order chi connectivity index (χ0) is 19.4. The summed E-state index contributed by atoms with van der Waals surface area (Å²) in [6, 6.07) is 15.8. The maximum atomic E-state index is 12.8. The Balaban J connectivity index is 1.76. The van der Waals surface area contributed by atoms with Gasteiger partial charge in [-0.15, -0.1) is 0 Å². The molecule has 1 N–H and O–H groups in total. The number of nitriles is 1. The average Bonchev–Trinajstić information content (AvgIpc) is 3.00. The molecule has 2 aromatic carbocycles. The minimum Gasteiger partial charge on any atom is -0.510 e. The van der Waals surface area contributed by atoms with Crippen LogP contribution in [0.4, 0.5) is 5.69 Å². The van der Waals surface area contributed by atoms with Gasteiger partial charge in [-0.3, -0.25) is 9.59 Å². The number of nitrogens with zero attached hydrogens (tertiary/aromatic N) is 2. The standard InChI is InChI=1S/C21H18N2O4/c1-27-19(25)11-6-14-2-7-16(8-3-14)20-18(24)13-23(21(20)26)17-9-4-15(12-22)5-10-17/h2-5,7-10,24H,6,11,13H2,1H3. The molecule has 0 unspecified atom stereocenters. The lowest BCUT2D eigenvalue weighted by Crippen LogP contribution is -2.26. The Morgan fingerprint density at radius 3 is 2.44 bits per heavy atom. The molecule has 0 bridgehead atoms. The number of aryl methyl sites for hydroxylation is 1. The number of anilines is 1. The van der Waals surface area contributed by atoms with E-state index in [1.807, 2.05) is 18.2 Å². The van der Waals surface area contributed by atoms with Gasteiger partial charge in [0.2, 0.25) is 0 Å². The lowest BCUT2D eigenvalue weighted by atomic mass is 10.0. The smallest absolute Gasteiger partial charge is 0.305 e. The van der Waals surface area contributed by atoms with E-state index in [2.05, 4.69) is 4.74 Å². The minimum absolute atomic E-state index is 0.00618. The first kappa shape index (κ1) is 18.2. The molecule has 3 rings (SSSR count). The van der Waals surface area contributed by atoms with Gasteiger partial charge in [0.15, 0.2) is 0 Å². The molecule has 0 atom stereocenters. The third-order valence-corrected chi connectivity index (χ3v) is 4.45. The number of hydrogen-bond acceptors (Lipinski definition) is 5. The van der Waals surface area contributed by atoms with Crippen LogP contribution in [-0.4, -0.2) is 30.6 Å². The molecule has 0 saturated carbocycles. The van der Waals surface area contributed by atoms with E-state index >= 15 is 0 Å². The molecule has 0 fully saturated rings. The molecule has 6 nitrogen and oxygen atoms in total. The highest BCUT2D eigenvalue weighted by Crippen LogP contribution is 2.31. The fourth-order valence-corrected chi connectivity index (χ4v) is 2.96. The summed E-state index contributed by atoms with van der Waals surface area (Å²) in [7, 11) is 1.35. The first-order valence-electron chi connectivity index (χ1n) is 8.43. The lowest BCUT2D eigenvalue weighted by molar-refractivity contribution is -0.140. The van der Waals surface area contributed by atoms with Gasteiger partial charge >= 0.3 is 5.97 Å². The van der Waals surface area contributed by atoms with E-state index in [-0.39, 0.29) is 36.2 Å². The highest BCUT2D eigenvalue weighted by atomic mass is 16.5. The molecule has 0 saturated heterocycles. The van der Waals surface area contributed by atoms with Gasteiger partial charge in [-0.25, -0.2) is 0 Å². The second kappa shape index (κ2) is 7.75. The summed E-state index contributed by atoms with van der Waals surface area (Å²) in [6.07, 6.45) is 0.832. The summed E-state index contributed by atoms with van der Waals surface area (Å²) in [5, 5.41) is 19.2. The number of benzene rings is 2. The zero-order valence-corrected chi connectivity index (χ0v) is 14.8. The van der Waals surface area contributed by atoms with Crippen molar-refractivity contribution in [1.82, 2.24) is 0 Å². The van der Waals surface area contributed by atoms with Crippen LogP contribution in [0.3, 0.4) is 0 Å². The third kappa shape index (κ3) is 3.82. The quantitative estimate of drug-likeness (QED) is 0.826. The number of aliphatic hydroxyl groups is 1. The first-order chi connectivity index (χ1) is 13.0. The molecule has 136 valence electrons. The van der Waals surface area contributed by atoms with Gasteiger partial charge in [0.1, 0.15) is 5.76 Å². The van der Waals surface area contributed by atoms with Crippen LogP contribution < -0.4 is 4.90 Å². The van der Waals surface area contributed by atoms with Crippen LogP contribution in [0.5, 0.6) is 0 Å². The SMILES string of the molecule is COC(=O)CCc1ccc(C2=C(O)CN(c3ccc(C#N)cc3)C2=O)cc1.